The first-order chi connectivity index (χ1) is 12.3. The van der Waals surface area contributed by atoms with Crippen molar-refractivity contribution in [3.8, 4) is 11.5 Å². The number of ether oxygens (including phenoxy) is 2. The molecule has 1 aliphatic rings. The number of carbonyl (C=O) groups is 1. The van der Waals surface area contributed by atoms with Gasteiger partial charge in [0.2, 0.25) is 0 Å². The first kappa shape index (κ1) is 19.9. The summed E-state index contributed by atoms with van der Waals surface area (Å²) in [5, 5.41) is 8.90. The Morgan fingerprint density at radius 2 is 1.96 bits per heavy atom. The van der Waals surface area contributed by atoms with Crippen molar-refractivity contribution < 1.29 is 28.2 Å². The molecule has 0 bridgehead atoms. The third-order valence-corrected chi connectivity index (χ3v) is 4.32. The maximum absolute atomic E-state index is 12.6. The first-order valence-electron chi connectivity index (χ1n) is 8.34. The van der Waals surface area contributed by atoms with E-state index in [9.17, 15) is 13.6 Å². The molecule has 0 spiro atoms. The van der Waals surface area contributed by atoms with Gasteiger partial charge in [-0.3, -0.25) is 9.69 Å². The molecule has 8 heteroatoms. The van der Waals surface area contributed by atoms with Gasteiger partial charge in [0.05, 0.1) is 12.6 Å². The summed E-state index contributed by atoms with van der Waals surface area (Å²) in [5.41, 5.74) is -0.160. The molecule has 2 rings (SSSR count). The number of rotatable bonds is 7. The largest absolute Gasteiger partial charge is 0.487 e. The van der Waals surface area contributed by atoms with Crippen LogP contribution in [0.25, 0.3) is 4.85 Å². The number of carboxylic acid groups (broad SMARTS) is 1. The summed E-state index contributed by atoms with van der Waals surface area (Å²) in [6, 6.07) is 4.59. The standard InChI is InChI=1S/C18H22F2N2O4/c1-12(2)25-15-10-13(4-5-14(15)26-17(19)20)18(21-3)6-8-22(9-7-18)11-16(23)24/h4-5,10,12,17H,6-9,11H2,1-2H3,(H,23,24). The lowest BCUT2D eigenvalue weighted by molar-refractivity contribution is -0.138. The molecule has 0 amide bonds. The molecule has 0 aliphatic carbocycles. The molecule has 26 heavy (non-hydrogen) atoms. The Bertz CT molecular complexity index is 680. The van der Waals surface area contributed by atoms with E-state index in [0.717, 1.165) is 0 Å². The van der Waals surface area contributed by atoms with Gasteiger partial charge in [0, 0.05) is 31.5 Å². The quantitative estimate of drug-likeness (QED) is 0.748. The van der Waals surface area contributed by atoms with Gasteiger partial charge in [0.1, 0.15) is 0 Å². The predicted octanol–water partition coefficient (Wildman–Crippen LogP) is 3.37. The van der Waals surface area contributed by atoms with Gasteiger partial charge in [0.25, 0.3) is 5.54 Å². The number of aliphatic carboxylic acids is 1. The molecule has 1 saturated heterocycles. The fraction of sp³-hybridized carbons (Fsp3) is 0.556. The summed E-state index contributed by atoms with van der Waals surface area (Å²) in [7, 11) is 0. The second-order valence-electron chi connectivity index (χ2n) is 6.52. The number of benzene rings is 1. The van der Waals surface area contributed by atoms with Gasteiger partial charge in [-0.2, -0.15) is 8.78 Å². The number of halogens is 2. The number of piperidine rings is 1. The highest BCUT2D eigenvalue weighted by Gasteiger charge is 2.43. The Kier molecular flexibility index (Phi) is 6.37. The lowest BCUT2D eigenvalue weighted by atomic mass is 9.81. The van der Waals surface area contributed by atoms with E-state index in [4.69, 9.17) is 16.4 Å². The molecule has 1 aromatic carbocycles. The van der Waals surface area contributed by atoms with Crippen molar-refractivity contribution in [2.45, 2.75) is 44.9 Å². The van der Waals surface area contributed by atoms with Crippen LogP contribution in [0, 0.1) is 6.57 Å². The van der Waals surface area contributed by atoms with Gasteiger partial charge in [-0.05, 0) is 32.0 Å². The van der Waals surface area contributed by atoms with Crippen LogP contribution in [0.5, 0.6) is 11.5 Å². The van der Waals surface area contributed by atoms with E-state index in [1.807, 2.05) is 0 Å². The van der Waals surface area contributed by atoms with E-state index in [0.29, 0.717) is 31.5 Å². The first-order valence-corrected chi connectivity index (χ1v) is 8.34. The number of nitrogens with zero attached hydrogens (tertiary/aromatic N) is 2. The van der Waals surface area contributed by atoms with Crippen LogP contribution in [0.2, 0.25) is 0 Å². The Morgan fingerprint density at radius 3 is 2.46 bits per heavy atom. The number of alkyl halides is 2. The van der Waals surface area contributed by atoms with E-state index >= 15 is 0 Å². The minimum absolute atomic E-state index is 0.0586. The van der Waals surface area contributed by atoms with Gasteiger partial charge >= 0.3 is 12.6 Å². The van der Waals surface area contributed by atoms with Crippen molar-refractivity contribution in [1.82, 2.24) is 4.90 Å². The Labute approximate surface area is 151 Å². The minimum Gasteiger partial charge on any atom is -0.487 e. The molecule has 1 aromatic rings. The summed E-state index contributed by atoms with van der Waals surface area (Å²) in [6.07, 6.45) is 0.673. The van der Waals surface area contributed by atoms with Crippen molar-refractivity contribution in [1.29, 1.82) is 0 Å². The van der Waals surface area contributed by atoms with Crippen LogP contribution < -0.4 is 9.47 Å². The summed E-state index contributed by atoms with van der Waals surface area (Å²) in [5.74, 6) is -0.795. The van der Waals surface area contributed by atoms with Crippen molar-refractivity contribution in [3.05, 3.63) is 35.2 Å². The van der Waals surface area contributed by atoms with E-state index in [1.54, 1.807) is 30.9 Å². The number of carboxylic acids is 1. The van der Waals surface area contributed by atoms with Crippen LogP contribution in [-0.2, 0) is 10.3 Å². The van der Waals surface area contributed by atoms with Crippen molar-refractivity contribution >= 4 is 5.97 Å². The molecule has 6 nitrogen and oxygen atoms in total. The molecule has 1 aliphatic heterocycles. The molecule has 0 radical (unpaired) electrons. The van der Waals surface area contributed by atoms with Crippen molar-refractivity contribution in [3.63, 3.8) is 0 Å². The molecule has 0 unspecified atom stereocenters. The fourth-order valence-electron chi connectivity index (χ4n) is 3.07. The number of hydrogen-bond acceptors (Lipinski definition) is 4. The average molecular weight is 368 g/mol. The molecule has 142 valence electrons. The molecule has 1 heterocycles. The monoisotopic (exact) mass is 368 g/mol. The highest BCUT2D eigenvalue weighted by molar-refractivity contribution is 5.69. The molecule has 0 saturated carbocycles. The van der Waals surface area contributed by atoms with Gasteiger partial charge in [-0.1, -0.05) is 0 Å². The Morgan fingerprint density at radius 1 is 1.31 bits per heavy atom. The van der Waals surface area contributed by atoms with Crippen LogP contribution in [0.1, 0.15) is 32.3 Å². The SMILES string of the molecule is [C-]#[N+]C1(c2ccc(OC(F)F)c(OC(C)C)c2)CCN(CC(=O)O)CC1. The third-order valence-electron chi connectivity index (χ3n) is 4.32. The average Bonchev–Trinajstić information content (AvgIpc) is 2.56. The zero-order chi connectivity index (χ0) is 19.3. The number of likely N-dealkylation sites (tertiary alicyclic amines) is 1. The van der Waals surface area contributed by atoms with Crippen molar-refractivity contribution in [2.75, 3.05) is 19.6 Å². The summed E-state index contributed by atoms with van der Waals surface area (Å²) in [4.78, 5) is 16.4. The van der Waals surface area contributed by atoms with Crippen molar-refractivity contribution in [2.24, 2.45) is 0 Å². The van der Waals surface area contributed by atoms with Gasteiger partial charge in [-0.15, -0.1) is 0 Å². The Balaban J connectivity index is 2.28. The van der Waals surface area contributed by atoms with Crippen LogP contribution in [-0.4, -0.2) is 48.3 Å². The van der Waals surface area contributed by atoms with E-state index in [-0.39, 0.29) is 24.1 Å². The molecular weight excluding hydrogens is 346 g/mol. The normalized spacial score (nSPS) is 17.1. The highest BCUT2D eigenvalue weighted by Crippen LogP contribution is 2.41. The van der Waals surface area contributed by atoms with Gasteiger partial charge in [-0.25, -0.2) is 6.57 Å². The van der Waals surface area contributed by atoms with Crippen LogP contribution in [0.3, 0.4) is 0 Å². The fourth-order valence-corrected chi connectivity index (χ4v) is 3.07. The lowest BCUT2D eigenvalue weighted by Crippen LogP contribution is -2.43. The molecule has 1 N–H and O–H groups in total. The minimum atomic E-state index is -2.97. The zero-order valence-electron chi connectivity index (χ0n) is 14.7. The smallest absolute Gasteiger partial charge is 0.387 e. The summed E-state index contributed by atoms with van der Waals surface area (Å²) >= 11 is 0. The topological polar surface area (TPSA) is 63.4 Å². The van der Waals surface area contributed by atoms with E-state index < -0.39 is 18.1 Å². The number of hydrogen-bond donors (Lipinski definition) is 1. The zero-order valence-corrected chi connectivity index (χ0v) is 14.7. The molecule has 0 aromatic heterocycles. The van der Waals surface area contributed by atoms with Gasteiger partial charge < -0.3 is 19.4 Å². The second-order valence-corrected chi connectivity index (χ2v) is 6.52. The predicted molar refractivity (Wildman–Crippen MR) is 90.4 cm³/mol. The van der Waals surface area contributed by atoms with E-state index in [2.05, 4.69) is 9.58 Å². The molecule has 1 fully saturated rings. The molecular formula is C18H22F2N2O4. The van der Waals surface area contributed by atoms with E-state index in [1.165, 1.54) is 6.07 Å². The maximum Gasteiger partial charge on any atom is 0.387 e. The summed E-state index contributed by atoms with van der Waals surface area (Å²) < 4.78 is 35.3. The maximum atomic E-state index is 12.6. The third kappa shape index (κ3) is 4.82. The van der Waals surface area contributed by atoms with Gasteiger partial charge in [0.15, 0.2) is 11.5 Å². The highest BCUT2D eigenvalue weighted by atomic mass is 19.3. The molecule has 0 atom stereocenters. The van der Waals surface area contributed by atoms with Crippen LogP contribution >= 0.6 is 0 Å². The second kappa shape index (κ2) is 8.32. The summed E-state index contributed by atoms with van der Waals surface area (Å²) in [6.45, 7) is 9.14. The van der Waals surface area contributed by atoms with Crippen LogP contribution in [0.4, 0.5) is 8.78 Å². The Hall–Kier alpha value is -2.40. The lowest BCUT2D eigenvalue weighted by Gasteiger charge is -2.33. The van der Waals surface area contributed by atoms with Crippen LogP contribution in [0.15, 0.2) is 18.2 Å².